The van der Waals surface area contributed by atoms with Gasteiger partial charge in [-0.15, -0.1) is 0 Å². The van der Waals surface area contributed by atoms with Crippen molar-refractivity contribution >= 4 is 24.3 Å². The van der Waals surface area contributed by atoms with Crippen LogP contribution in [0, 0.1) is 5.41 Å². The molecule has 0 bridgehead atoms. The van der Waals surface area contributed by atoms with Gasteiger partial charge in [0, 0.05) is 55.2 Å². The van der Waals surface area contributed by atoms with Crippen molar-refractivity contribution in [2.24, 2.45) is 0 Å². The molecule has 0 unspecified atom stereocenters. The quantitative estimate of drug-likeness (QED) is 0.608. The summed E-state index contributed by atoms with van der Waals surface area (Å²) >= 11 is 0. The number of anilines is 2. The van der Waals surface area contributed by atoms with Crippen LogP contribution in [0.1, 0.15) is 24.8 Å². The standard InChI is InChI=1S/C18H22N6O2/c19-11-14-5-4-13(10-16(14)20-15-2-1-3-15)17-21-18(26-22-17)24-8-6-23(12-25)7-9-24/h4-5,10-12,15,19-20H,1-3,6-9H2. The molecule has 0 spiro atoms. The van der Waals surface area contributed by atoms with Crippen LogP contribution in [0.15, 0.2) is 22.7 Å². The molecular weight excluding hydrogens is 332 g/mol. The van der Waals surface area contributed by atoms with Crippen molar-refractivity contribution in [3.63, 3.8) is 0 Å². The van der Waals surface area contributed by atoms with Crippen molar-refractivity contribution in [3.05, 3.63) is 23.8 Å². The predicted molar refractivity (Wildman–Crippen MR) is 98.7 cm³/mol. The minimum Gasteiger partial charge on any atom is -0.382 e. The number of piperazine rings is 1. The Balaban J connectivity index is 1.52. The SMILES string of the molecule is N=Cc1ccc(-c2noc(N3CCN(C=O)CC3)n2)cc1NC1CCC1. The Morgan fingerprint density at radius 2 is 2.04 bits per heavy atom. The third-order valence-corrected chi connectivity index (χ3v) is 5.08. The van der Waals surface area contributed by atoms with Crippen LogP contribution in [0.3, 0.4) is 0 Å². The number of amides is 1. The van der Waals surface area contributed by atoms with Crippen LogP contribution in [0.4, 0.5) is 11.7 Å². The van der Waals surface area contributed by atoms with Gasteiger partial charge in [0.15, 0.2) is 0 Å². The van der Waals surface area contributed by atoms with E-state index in [1.54, 1.807) is 4.90 Å². The molecule has 0 radical (unpaired) electrons. The van der Waals surface area contributed by atoms with Crippen LogP contribution in [0.25, 0.3) is 11.4 Å². The maximum absolute atomic E-state index is 10.8. The second kappa shape index (κ2) is 7.15. The average Bonchev–Trinajstić information content (AvgIpc) is 3.15. The highest BCUT2D eigenvalue weighted by atomic mass is 16.5. The van der Waals surface area contributed by atoms with Gasteiger partial charge in [0.2, 0.25) is 12.2 Å². The van der Waals surface area contributed by atoms with Crippen molar-refractivity contribution in [2.75, 3.05) is 36.4 Å². The molecule has 1 saturated heterocycles. The van der Waals surface area contributed by atoms with E-state index in [0.717, 1.165) is 23.2 Å². The summed E-state index contributed by atoms with van der Waals surface area (Å²) in [4.78, 5) is 19.1. The van der Waals surface area contributed by atoms with E-state index >= 15 is 0 Å². The minimum absolute atomic E-state index is 0.482. The highest BCUT2D eigenvalue weighted by Crippen LogP contribution is 2.29. The van der Waals surface area contributed by atoms with E-state index in [4.69, 9.17) is 9.93 Å². The van der Waals surface area contributed by atoms with E-state index in [1.807, 2.05) is 23.1 Å². The molecule has 2 heterocycles. The van der Waals surface area contributed by atoms with Crippen LogP contribution in [0.2, 0.25) is 0 Å². The molecule has 2 aromatic rings. The highest BCUT2D eigenvalue weighted by Gasteiger charge is 2.22. The Morgan fingerprint density at radius 3 is 2.69 bits per heavy atom. The fourth-order valence-electron chi connectivity index (χ4n) is 3.20. The van der Waals surface area contributed by atoms with E-state index < -0.39 is 0 Å². The first-order valence-corrected chi connectivity index (χ1v) is 8.96. The molecule has 136 valence electrons. The molecule has 1 amide bonds. The summed E-state index contributed by atoms with van der Waals surface area (Å²) in [5, 5.41) is 15.2. The Hall–Kier alpha value is -2.90. The van der Waals surface area contributed by atoms with E-state index in [0.29, 0.717) is 44.1 Å². The molecule has 0 atom stereocenters. The summed E-state index contributed by atoms with van der Waals surface area (Å²) in [6.07, 6.45) is 5.82. The number of hydrogen-bond donors (Lipinski definition) is 2. The lowest BCUT2D eigenvalue weighted by atomic mass is 9.92. The fraction of sp³-hybridized carbons (Fsp3) is 0.444. The first kappa shape index (κ1) is 16.6. The van der Waals surface area contributed by atoms with E-state index in [9.17, 15) is 4.79 Å². The Morgan fingerprint density at radius 1 is 1.23 bits per heavy atom. The van der Waals surface area contributed by atoms with E-state index in [2.05, 4.69) is 15.5 Å². The van der Waals surface area contributed by atoms with Gasteiger partial charge in [-0.25, -0.2) is 0 Å². The normalized spacial score (nSPS) is 17.7. The molecule has 1 aliphatic heterocycles. The van der Waals surface area contributed by atoms with Crippen LogP contribution < -0.4 is 10.2 Å². The topological polar surface area (TPSA) is 98.4 Å². The van der Waals surface area contributed by atoms with Crippen molar-refractivity contribution < 1.29 is 9.32 Å². The lowest BCUT2D eigenvalue weighted by molar-refractivity contribution is -0.118. The van der Waals surface area contributed by atoms with Gasteiger partial charge in [-0.2, -0.15) is 4.98 Å². The summed E-state index contributed by atoms with van der Waals surface area (Å²) in [7, 11) is 0. The summed E-state index contributed by atoms with van der Waals surface area (Å²) in [6, 6.07) is 6.76. The lowest BCUT2D eigenvalue weighted by Gasteiger charge is -2.30. The minimum atomic E-state index is 0.482. The molecule has 26 heavy (non-hydrogen) atoms. The van der Waals surface area contributed by atoms with Crippen LogP contribution in [-0.2, 0) is 4.79 Å². The number of nitrogens with zero attached hydrogens (tertiary/aromatic N) is 4. The number of carbonyl (C=O) groups excluding carboxylic acids is 1. The lowest BCUT2D eigenvalue weighted by Crippen LogP contribution is -2.45. The molecule has 8 heteroatoms. The number of benzene rings is 1. The second-order valence-electron chi connectivity index (χ2n) is 6.75. The summed E-state index contributed by atoms with van der Waals surface area (Å²) < 4.78 is 5.43. The Labute approximate surface area is 151 Å². The van der Waals surface area contributed by atoms with Gasteiger partial charge in [-0.1, -0.05) is 17.3 Å². The average molecular weight is 354 g/mol. The van der Waals surface area contributed by atoms with Gasteiger partial charge in [0.25, 0.3) is 0 Å². The summed E-state index contributed by atoms with van der Waals surface area (Å²) in [6.45, 7) is 2.68. The number of rotatable bonds is 6. The van der Waals surface area contributed by atoms with E-state index in [-0.39, 0.29) is 0 Å². The predicted octanol–water partition coefficient (Wildman–Crippen LogP) is 1.98. The van der Waals surface area contributed by atoms with Crippen molar-refractivity contribution in [2.45, 2.75) is 25.3 Å². The Kier molecular flexibility index (Phi) is 4.55. The number of aromatic nitrogens is 2. The van der Waals surface area contributed by atoms with Crippen LogP contribution in [-0.4, -0.2) is 59.9 Å². The zero-order valence-electron chi connectivity index (χ0n) is 14.5. The number of nitrogens with one attached hydrogen (secondary N) is 2. The van der Waals surface area contributed by atoms with Gasteiger partial charge in [-0.05, 0) is 25.3 Å². The van der Waals surface area contributed by atoms with Gasteiger partial charge < -0.3 is 25.0 Å². The maximum atomic E-state index is 10.8. The molecule has 1 saturated carbocycles. The fourth-order valence-corrected chi connectivity index (χ4v) is 3.20. The summed E-state index contributed by atoms with van der Waals surface area (Å²) in [5.41, 5.74) is 2.65. The third-order valence-electron chi connectivity index (χ3n) is 5.08. The van der Waals surface area contributed by atoms with Crippen molar-refractivity contribution in [3.8, 4) is 11.4 Å². The molecule has 1 aliphatic carbocycles. The molecule has 2 aliphatic rings. The number of hydrogen-bond acceptors (Lipinski definition) is 7. The zero-order chi connectivity index (χ0) is 17.9. The van der Waals surface area contributed by atoms with Gasteiger partial charge in [0.05, 0.1) is 0 Å². The smallest absolute Gasteiger partial charge is 0.324 e. The monoisotopic (exact) mass is 354 g/mol. The van der Waals surface area contributed by atoms with Crippen LogP contribution in [0.5, 0.6) is 0 Å². The van der Waals surface area contributed by atoms with Crippen molar-refractivity contribution in [1.29, 1.82) is 5.41 Å². The third kappa shape index (κ3) is 3.26. The maximum Gasteiger partial charge on any atom is 0.324 e. The first-order valence-electron chi connectivity index (χ1n) is 8.96. The molecule has 2 N–H and O–H groups in total. The van der Waals surface area contributed by atoms with Gasteiger partial charge in [0.1, 0.15) is 0 Å². The zero-order valence-corrected chi connectivity index (χ0v) is 14.5. The molecular formula is C18H22N6O2. The second-order valence-corrected chi connectivity index (χ2v) is 6.75. The molecule has 8 nitrogen and oxygen atoms in total. The molecule has 4 rings (SSSR count). The first-order chi connectivity index (χ1) is 12.8. The largest absolute Gasteiger partial charge is 0.382 e. The molecule has 2 fully saturated rings. The van der Waals surface area contributed by atoms with Crippen LogP contribution >= 0.6 is 0 Å². The van der Waals surface area contributed by atoms with Gasteiger partial charge in [-0.3, -0.25) is 4.79 Å². The van der Waals surface area contributed by atoms with Gasteiger partial charge >= 0.3 is 6.01 Å². The summed E-state index contributed by atoms with van der Waals surface area (Å²) in [5.74, 6) is 0.533. The van der Waals surface area contributed by atoms with E-state index in [1.165, 1.54) is 25.5 Å². The Bertz CT molecular complexity index is 793. The molecule has 1 aromatic heterocycles. The molecule has 1 aromatic carbocycles. The highest BCUT2D eigenvalue weighted by molar-refractivity contribution is 5.87. The van der Waals surface area contributed by atoms with Crippen molar-refractivity contribution in [1.82, 2.24) is 15.0 Å². The number of carbonyl (C=O) groups is 1.